The Morgan fingerprint density at radius 3 is 2.58 bits per heavy atom. The zero-order valence-electron chi connectivity index (χ0n) is 12.5. The predicted octanol–water partition coefficient (Wildman–Crippen LogP) is 3.28. The third kappa shape index (κ3) is 5.75. The van der Waals surface area contributed by atoms with Gasteiger partial charge >= 0.3 is 6.03 Å². The Hall–Kier alpha value is -1.55. The Morgan fingerprint density at radius 2 is 2.00 bits per heavy atom. The fourth-order valence-corrected chi connectivity index (χ4v) is 1.81. The molecule has 3 N–H and O–H groups in total. The highest BCUT2D eigenvalue weighted by atomic mass is 16.2. The van der Waals surface area contributed by atoms with Crippen LogP contribution in [0.2, 0.25) is 0 Å². The predicted molar refractivity (Wildman–Crippen MR) is 80.4 cm³/mol. The molecule has 0 saturated carbocycles. The summed E-state index contributed by atoms with van der Waals surface area (Å²) < 4.78 is 0. The van der Waals surface area contributed by atoms with E-state index in [0.717, 1.165) is 17.8 Å². The van der Waals surface area contributed by atoms with Crippen LogP contribution in [-0.4, -0.2) is 18.1 Å². The minimum absolute atomic E-state index is 0.180. The summed E-state index contributed by atoms with van der Waals surface area (Å²) in [6.45, 7) is 11.0. The van der Waals surface area contributed by atoms with Crippen molar-refractivity contribution in [1.82, 2.24) is 10.6 Å². The van der Waals surface area contributed by atoms with Crippen molar-refractivity contribution in [2.45, 2.75) is 46.2 Å². The van der Waals surface area contributed by atoms with Crippen molar-refractivity contribution in [3.63, 3.8) is 0 Å². The van der Waals surface area contributed by atoms with E-state index in [1.165, 1.54) is 0 Å². The van der Waals surface area contributed by atoms with Crippen LogP contribution in [-0.2, 0) is 0 Å². The van der Waals surface area contributed by atoms with Crippen molar-refractivity contribution >= 4 is 11.7 Å². The van der Waals surface area contributed by atoms with Crippen LogP contribution in [0.25, 0.3) is 0 Å². The molecule has 0 saturated heterocycles. The Labute approximate surface area is 116 Å². The van der Waals surface area contributed by atoms with E-state index in [9.17, 15) is 4.79 Å². The first-order valence-corrected chi connectivity index (χ1v) is 6.74. The molecule has 0 aliphatic carbocycles. The highest BCUT2D eigenvalue weighted by Gasteiger charge is 2.13. The normalized spacial score (nSPS) is 12.9. The third-order valence-electron chi connectivity index (χ3n) is 2.64. The molecule has 0 radical (unpaired) electrons. The first kappa shape index (κ1) is 15.5. The molecule has 0 aliphatic rings. The van der Waals surface area contributed by atoms with E-state index in [1.54, 1.807) is 0 Å². The lowest BCUT2D eigenvalue weighted by Crippen LogP contribution is -2.43. The van der Waals surface area contributed by atoms with E-state index in [2.05, 4.69) is 35.9 Å². The molecule has 1 atom stereocenters. The summed E-state index contributed by atoms with van der Waals surface area (Å²) in [4.78, 5) is 11.8. The molecule has 1 aromatic carbocycles. The maximum Gasteiger partial charge on any atom is 0.319 e. The molecule has 2 amide bonds. The van der Waals surface area contributed by atoms with Crippen molar-refractivity contribution in [3.8, 4) is 0 Å². The maximum absolute atomic E-state index is 11.8. The van der Waals surface area contributed by atoms with Gasteiger partial charge in [-0.3, -0.25) is 0 Å². The number of rotatable bonds is 4. The topological polar surface area (TPSA) is 53.2 Å². The zero-order chi connectivity index (χ0) is 14.5. The van der Waals surface area contributed by atoms with Gasteiger partial charge in [-0.15, -0.1) is 0 Å². The number of hydrogen-bond acceptors (Lipinski definition) is 2. The van der Waals surface area contributed by atoms with Gasteiger partial charge < -0.3 is 16.0 Å². The van der Waals surface area contributed by atoms with E-state index < -0.39 is 0 Å². The quantitative estimate of drug-likeness (QED) is 0.781. The Balaban J connectivity index is 2.69. The fraction of sp³-hybridized carbons (Fsp3) is 0.533. The van der Waals surface area contributed by atoms with Crippen LogP contribution in [0.1, 0.15) is 46.2 Å². The van der Waals surface area contributed by atoms with Gasteiger partial charge in [-0.2, -0.15) is 0 Å². The van der Waals surface area contributed by atoms with Gasteiger partial charge in [0.1, 0.15) is 0 Å². The molecule has 4 heteroatoms. The smallest absolute Gasteiger partial charge is 0.319 e. The molecule has 4 nitrogen and oxygen atoms in total. The monoisotopic (exact) mass is 263 g/mol. The second-order valence-electron chi connectivity index (χ2n) is 5.73. The van der Waals surface area contributed by atoms with E-state index >= 15 is 0 Å². The minimum atomic E-state index is -0.237. The van der Waals surface area contributed by atoms with Crippen LogP contribution >= 0.6 is 0 Å². The Kier molecular flexibility index (Phi) is 5.36. The molecule has 19 heavy (non-hydrogen) atoms. The summed E-state index contributed by atoms with van der Waals surface area (Å²) in [5.41, 5.74) is 1.73. The number of carbonyl (C=O) groups is 1. The van der Waals surface area contributed by atoms with Gasteiger partial charge in [-0.25, -0.2) is 4.79 Å². The lowest BCUT2D eigenvalue weighted by molar-refractivity contribution is 0.244. The van der Waals surface area contributed by atoms with Gasteiger partial charge in [0.15, 0.2) is 0 Å². The Bertz CT molecular complexity index is 424. The van der Waals surface area contributed by atoms with Gasteiger partial charge in [0.05, 0.1) is 0 Å². The van der Waals surface area contributed by atoms with Gasteiger partial charge in [0, 0.05) is 17.3 Å². The van der Waals surface area contributed by atoms with Crippen LogP contribution in [0.15, 0.2) is 24.3 Å². The summed E-state index contributed by atoms with van der Waals surface area (Å²) in [6, 6.07) is 7.99. The van der Waals surface area contributed by atoms with Crippen LogP contribution < -0.4 is 16.0 Å². The Morgan fingerprint density at radius 1 is 1.32 bits per heavy atom. The average molecular weight is 263 g/mol. The SMILES string of the molecule is CCNC(C)c1cccc(NC(=O)NC(C)(C)C)c1. The summed E-state index contributed by atoms with van der Waals surface area (Å²) in [6.07, 6.45) is 0. The van der Waals surface area contributed by atoms with Gasteiger partial charge in [0.25, 0.3) is 0 Å². The molecular formula is C15H25N3O. The van der Waals surface area contributed by atoms with Crippen LogP contribution in [0, 0.1) is 0 Å². The van der Waals surface area contributed by atoms with Crippen molar-refractivity contribution in [2.24, 2.45) is 0 Å². The van der Waals surface area contributed by atoms with E-state index in [1.807, 2.05) is 39.0 Å². The first-order chi connectivity index (χ1) is 8.81. The number of amides is 2. The van der Waals surface area contributed by atoms with E-state index in [0.29, 0.717) is 0 Å². The van der Waals surface area contributed by atoms with Gasteiger partial charge in [0.2, 0.25) is 0 Å². The highest BCUT2D eigenvalue weighted by molar-refractivity contribution is 5.89. The largest absolute Gasteiger partial charge is 0.333 e. The number of nitrogens with one attached hydrogen (secondary N) is 3. The van der Waals surface area contributed by atoms with Crippen molar-refractivity contribution in [2.75, 3.05) is 11.9 Å². The van der Waals surface area contributed by atoms with Crippen molar-refractivity contribution in [1.29, 1.82) is 0 Å². The fourth-order valence-electron chi connectivity index (χ4n) is 1.81. The number of urea groups is 1. The molecule has 0 spiro atoms. The van der Waals surface area contributed by atoms with Crippen LogP contribution in [0.3, 0.4) is 0 Å². The minimum Gasteiger partial charge on any atom is -0.333 e. The first-order valence-electron chi connectivity index (χ1n) is 6.74. The number of hydrogen-bond donors (Lipinski definition) is 3. The lowest BCUT2D eigenvalue weighted by atomic mass is 10.1. The molecule has 1 aromatic rings. The standard InChI is InChI=1S/C15H25N3O/c1-6-16-11(2)12-8-7-9-13(10-12)17-14(19)18-15(3,4)5/h7-11,16H,6H2,1-5H3,(H2,17,18,19). The summed E-state index contributed by atoms with van der Waals surface area (Å²) in [5.74, 6) is 0. The summed E-state index contributed by atoms with van der Waals surface area (Å²) >= 11 is 0. The van der Waals surface area contributed by atoms with E-state index in [-0.39, 0.29) is 17.6 Å². The molecule has 0 heterocycles. The molecule has 1 unspecified atom stereocenters. The van der Waals surface area contributed by atoms with Gasteiger partial charge in [-0.05, 0) is 51.9 Å². The molecule has 1 rings (SSSR count). The molecular weight excluding hydrogens is 238 g/mol. The van der Waals surface area contributed by atoms with Crippen LogP contribution in [0.5, 0.6) is 0 Å². The molecule has 106 valence electrons. The van der Waals surface area contributed by atoms with Gasteiger partial charge in [-0.1, -0.05) is 19.1 Å². The summed E-state index contributed by atoms with van der Waals surface area (Å²) in [5, 5.41) is 9.09. The lowest BCUT2D eigenvalue weighted by Gasteiger charge is -2.21. The number of anilines is 1. The molecule has 0 aromatic heterocycles. The molecule has 0 fully saturated rings. The van der Waals surface area contributed by atoms with Crippen molar-refractivity contribution < 1.29 is 4.79 Å². The third-order valence-corrected chi connectivity index (χ3v) is 2.64. The number of carbonyl (C=O) groups excluding carboxylic acids is 1. The van der Waals surface area contributed by atoms with Crippen LogP contribution in [0.4, 0.5) is 10.5 Å². The second-order valence-corrected chi connectivity index (χ2v) is 5.73. The highest BCUT2D eigenvalue weighted by Crippen LogP contribution is 2.17. The number of benzene rings is 1. The maximum atomic E-state index is 11.8. The van der Waals surface area contributed by atoms with E-state index in [4.69, 9.17) is 0 Å². The molecule has 0 aliphatic heterocycles. The van der Waals surface area contributed by atoms with Crippen molar-refractivity contribution in [3.05, 3.63) is 29.8 Å². The summed E-state index contributed by atoms with van der Waals surface area (Å²) in [7, 11) is 0. The zero-order valence-corrected chi connectivity index (χ0v) is 12.5. The molecule has 0 bridgehead atoms. The average Bonchev–Trinajstić information content (AvgIpc) is 2.27. The second kappa shape index (κ2) is 6.57.